The predicted octanol–water partition coefficient (Wildman–Crippen LogP) is 6.01. The Balaban J connectivity index is 2.11. The molecule has 0 N–H and O–H groups in total. The number of benzene rings is 3. The molecule has 0 spiro atoms. The Bertz CT molecular complexity index is 1320. The molecule has 2 heteroatoms. The van der Waals surface area contributed by atoms with Gasteiger partial charge in [0.1, 0.15) is 0 Å². The fourth-order valence-corrected chi connectivity index (χ4v) is 3.97. The highest BCUT2D eigenvalue weighted by Gasteiger charge is 2.14. The summed E-state index contributed by atoms with van der Waals surface area (Å²) in [5, 5.41) is 5.97. The van der Waals surface area contributed by atoms with Crippen LogP contribution in [0.4, 0.5) is 0 Å². The van der Waals surface area contributed by atoms with Crippen LogP contribution in [0.25, 0.3) is 43.5 Å². The molecule has 0 bridgehead atoms. The average Bonchev–Trinajstić information content (AvgIpc) is 2.62. The highest BCUT2D eigenvalue weighted by Crippen LogP contribution is 2.34. The van der Waals surface area contributed by atoms with Gasteiger partial charge in [-0.2, -0.15) is 0 Å². The van der Waals surface area contributed by atoms with Crippen molar-refractivity contribution in [1.82, 2.24) is 9.97 Å². The first-order chi connectivity index (χ1) is 12.1. The lowest BCUT2D eigenvalue weighted by Gasteiger charge is -2.13. The Kier molecular flexibility index (Phi) is 2.87. The summed E-state index contributed by atoms with van der Waals surface area (Å²) in [6, 6.07) is 19.3. The molecule has 2 aromatic heterocycles. The van der Waals surface area contributed by atoms with E-state index in [0.29, 0.717) is 0 Å². The monoisotopic (exact) mass is 322 g/mol. The Morgan fingerprint density at radius 1 is 0.680 bits per heavy atom. The molecular formula is C23H18N2. The van der Waals surface area contributed by atoms with Crippen LogP contribution < -0.4 is 0 Å². The highest BCUT2D eigenvalue weighted by molar-refractivity contribution is 6.15. The van der Waals surface area contributed by atoms with Crippen molar-refractivity contribution in [3.8, 4) is 0 Å². The van der Waals surface area contributed by atoms with Crippen LogP contribution >= 0.6 is 0 Å². The Morgan fingerprint density at radius 2 is 1.52 bits per heavy atom. The zero-order valence-electron chi connectivity index (χ0n) is 14.6. The number of fused-ring (bicyclic) bond motifs is 6. The normalized spacial score (nSPS) is 11.8. The summed E-state index contributed by atoms with van der Waals surface area (Å²) < 4.78 is 0. The van der Waals surface area contributed by atoms with Crippen LogP contribution in [0.5, 0.6) is 0 Å². The second-order valence-corrected chi connectivity index (χ2v) is 6.86. The van der Waals surface area contributed by atoms with Crippen molar-refractivity contribution in [3.05, 3.63) is 71.4 Å². The van der Waals surface area contributed by atoms with Gasteiger partial charge in [-0.15, -0.1) is 0 Å². The second-order valence-electron chi connectivity index (χ2n) is 6.86. The number of pyridine rings is 2. The lowest BCUT2D eigenvalue weighted by molar-refractivity contribution is 1.27. The number of hydrogen-bond donors (Lipinski definition) is 0. The topological polar surface area (TPSA) is 25.8 Å². The summed E-state index contributed by atoms with van der Waals surface area (Å²) in [5.41, 5.74) is 6.70. The van der Waals surface area contributed by atoms with Crippen LogP contribution in [0.3, 0.4) is 0 Å². The molecule has 0 saturated carbocycles. The van der Waals surface area contributed by atoms with Crippen LogP contribution in [0.2, 0.25) is 0 Å². The van der Waals surface area contributed by atoms with Gasteiger partial charge in [-0.05, 0) is 43.9 Å². The van der Waals surface area contributed by atoms with Gasteiger partial charge in [-0.1, -0.05) is 48.0 Å². The lowest BCUT2D eigenvalue weighted by atomic mass is 9.97. The molecule has 0 aliphatic heterocycles. The van der Waals surface area contributed by atoms with Crippen molar-refractivity contribution < 1.29 is 0 Å². The van der Waals surface area contributed by atoms with Crippen LogP contribution in [0, 0.1) is 20.8 Å². The summed E-state index contributed by atoms with van der Waals surface area (Å²) in [5.74, 6) is 0. The lowest BCUT2D eigenvalue weighted by Crippen LogP contribution is -1.95. The number of rotatable bonds is 0. The third-order valence-electron chi connectivity index (χ3n) is 5.20. The molecule has 2 nitrogen and oxygen atoms in total. The van der Waals surface area contributed by atoms with Crippen molar-refractivity contribution in [2.24, 2.45) is 0 Å². The first-order valence-corrected chi connectivity index (χ1v) is 8.62. The van der Waals surface area contributed by atoms with Gasteiger partial charge < -0.3 is 0 Å². The molecular weight excluding hydrogens is 304 g/mol. The Morgan fingerprint density at radius 3 is 2.40 bits per heavy atom. The number of hydrogen-bond acceptors (Lipinski definition) is 2. The Labute approximate surface area is 146 Å². The van der Waals surface area contributed by atoms with E-state index in [1.807, 2.05) is 0 Å². The molecule has 2 heterocycles. The molecule has 0 unspecified atom stereocenters. The molecule has 0 aliphatic carbocycles. The summed E-state index contributed by atoms with van der Waals surface area (Å²) >= 11 is 0. The van der Waals surface area contributed by atoms with Gasteiger partial charge in [0.25, 0.3) is 0 Å². The molecule has 0 amide bonds. The maximum atomic E-state index is 5.16. The van der Waals surface area contributed by atoms with Gasteiger partial charge in [-0.3, -0.25) is 4.98 Å². The molecule has 0 radical (unpaired) electrons. The molecule has 0 fully saturated rings. The highest BCUT2D eigenvalue weighted by atomic mass is 14.8. The van der Waals surface area contributed by atoms with Crippen molar-refractivity contribution in [1.29, 1.82) is 0 Å². The first kappa shape index (κ1) is 14.4. The molecule has 0 saturated heterocycles. The van der Waals surface area contributed by atoms with Crippen molar-refractivity contribution in [3.63, 3.8) is 0 Å². The van der Waals surface area contributed by atoms with E-state index in [2.05, 4.69) is 75.4 Å². The minimum Gasteiger partial charge on any atom is -0.252 e. The van der Waals surface area contributed by atoms with Crippen LogP contribution in [-0.4, -0.2) is 9.97 Å². The van der Waals surface area contributed by atoms with E-state index in [1.165, 1.54) is 32.7 Å². The second kappa shape index (κ2) is 5.00. The molecule has 0 aliphatic rings. The third-order valence-corrected chi connectivity index (χ3v) is 5.20. The molecule has 5 aromatic rings. The standard InChI is InChI=1S/C23H18N2/c1-13-8-11-20-19(12-13)23-21(15(3)24-20)14(2)17-10-9-16-6-4-5-7-18(16)22(17)25-23/h4-12H,1-3H3. The summed E-state index contributed by atoms with van der Waals surface area (Å²) in [7, 11) is 0. The number of nitrogens with zero attached hydrogens (tertiary/aromatic N) is 2. The summed E-state index contributed by atoms with van der Waals surface area (Å²) in [4.78, 5) is 9.99. The van der Waals surface area contributed by atoms with E-state index >= 15 is 0 Å². The average molecular weight is 322 g/mol. The van der Waals surface area contributed by atoms with Gasteiger partial charge in [0.15, 0.2) is 0 Å². The molecule has 120 valence electrons. The number of aromatic nitrogens is 2. The van der Waals surface area contributed by atoms with E-state index in [1.54, 1.807) is 0 Å². The van der Waals surface area contributed by atoms with Crippen molar-refractivity contribution in [2.75, 3.05) is 0 Å². The number of aryl methyl sites for hydroxylation is 3. The predicted molar refractivity (Wildman–Crippen MR) is 106 cm³/mol. The Hall–Kier alpha value is -3.00. The zero-order chi connectivity index (χ0) is 17.1. The van der Waals surface area contributed by atoms with Crippen molar-refractivity contribution >= 4 is 43.5 Å². The third kappa shape index (κ3) is 1.97. The fourth-order valence-electron chi connectivity index (χ4n) is 3.97. The van der Waals surface area contributed by atoms with E-state index in [0.717, 1.165) is 27.6 Å². The summed E-state index contributed by atoms with van der Waals surface area (Å²) in [6.07, 6.45) is 0. The fraction of sp³-hybridized carbons (Fsp3) is 0.130. The first-order valence-electron chi connectivity index (χ1n) is 8.62. The van der Waals surface area contributed by atoms with Crippen LogP contribution in [0.15, 0.2) is 54.6 Å². The zero-order valence-corrected chi connectivity index (χ0v) is 14.6. The van der Waals surface area contributed by atoms with E-state index < -0.39 is 0 Å². The minimum atomic E-state index is 1.02. The molecule has 25 heavy (non-hydrogen) atoms. The van der Waals surface area contributed by atoms with Gasteiger partial charge in [0.2, 0.25) is 0 Å². The summed E-state index contributed by atoms with van der Waals surface area (Å²) in [6.45, 7) is 6.40. The van der Waals surface area contributed by atoms with Crippen LogP contribution in [0.1, 0.15) is 16.8 Å². The molecule has 3 aromatic carbocycles. The molecule has 0 atom stereocenters. The van der Waals surface area contributed by atoms with Gasteiger partial charge in [-0.25, -0.2) is 4.98 Å². The van der Waals surface area contributed by atoms with E-state index in [-0.39, 0.29) is 0 Å². The van der Waals surface area contributed by atoms with E-state index in [4.69, 9.17) is 9.97 Å². The van der Waals surface area contributed by atoms with Gasteiger partial charge in [0.05, 0.1) is 16.6 Å². The van der Waals surface area contributed by atoms with Crippen molar-refractivity contribution in [2.45, 2.75) is 20.8 Å². The van der Waals surface area contributed by atoms with Crippen LogP contribution in [-0.2, 0) is 0 Å². The maximum absolute atomic E-state index is 5.16. The quantitative estimate of drug-likeness (QED) is 0.257. The molecule has 5 rings (SSSR count). The minimum absolute atomic E-state index is 1.02. The van der Waals surface area contributed by atoms with Gasteiger partial charge >= 0.3 is 0 Å². The van der Waals surface area contributed by atoms with Gasteiger partial charge in [0, 0.05) is 27.2 Å². The largest absolute Gasteiger partial charge is 0.252 e. The van der Waals surface area contributed by atoms with E-state index in [9.17, 15) is 0 Å². The smallest absolute Gasteiger partial charge is 0.0824 e. The SMILES string of the molecule is Cc1ccc2nc(C)c3c(C)c4ccc5ccccc5c4nc3c2c1. The maximum Gasteiger partial charge on any atom is 0.0824 e.